The molecular formula is C24H25IN4O5. The molecule has 0 aliphatic rings. The van der Waals surface area contributed by atoms with Gasteiger partial charge >= 0.3 is 17.3 Å². The molecule has 0 spiro atoms. The van der Waals surface area contributed by atoms with Gasteiger partial charge < -0.3 is 9.84 Å². The molecule has 10 heteroatoms. The summed E-state index contributed by atoms with van der Waals surface area (Å²) in [5, 5.41) is 9.23. The van der Waals surface area contributed by atoms with Crippen LogP contribution >= 0.6 is 22.6 Å². The molecule has 0 aliphatic carbocycles. The Kier molecular flexibility index (Phi) is 8.26. The van der Waals surface area contributed by atoms with Crippen molar-refractivity contribution in [3.63, 3.8) is 0 Å². The van der Waals surface area contributed by atoms with E-state index in [9.17, 15) is 19.5 Å². The quantitative estimate of drug-likeness (QED) is 0.300. The van der Waals surface area contributed by atoms with Crippen molar-refractivity contribution in [2.75, 3.05) is 0 Å². The number of carboxylic acids is 1. The largest absolute Gasteiger partial charge is 0.491 e. The van der Waals surface area contributed by atoms with Gasteiger partial charge in [-0.25, -0.2) is 19.1 Å². The Morgan fingerprint density at radius 3 is 2.35 bits per heavy atom. The summed E-state index contributed by atoms with van der Waals surface area (Å²) in [5.74, 6) is -0.439. The Hall–Kier alpha value is -3.41. The lowest BCUT2D eigenvalue weighted by molar-refractivity contribution is -0.136. The van der Waals surface area contributed by atoms with E-state index in [4.69, 9.17) is 4.74 Å². The highest BCUT2D eigenvalue weighted by Gasteiger charge is 2.18. The molecule has 178 valence electrons. The van der Waals surface area contributed by atoms with Gasteiger partial charge in [0.2, 0.25) is 5.62 Å². The van der Waals surface area contributed by atoms with Crippen LogP contribution in [0.3, 0.4) is 0 Å². The third-order valence-electron chi connectivity index (χ3n) is 4.79. The number of hydrogen-bond acceptors (Lipinski definition) is 5. The number of benzene rings is 2. The smallest absolute Gasteiger partial charge is 0.335 e. The monoisotopic (exact) mass is 576 g/mol. The van der Waals surface area contributed by atoms with Gasteiger partial charge in [-0.05, 0) is 49.2 Å². The van der Waals surface area contributed by atoms with Crippen LogP contribution in [0.5, 0.6) is 5.75 Å². The first-order valence-electron chi connectivity index (χ1n) is 10.5. The fourth-order valence-corrected chi connectivity index (χ4v) is 3.51. The molecule has 0 fully saturated rings. The molecule has 1 aromatic heterocycles. The predicted molar refractivity (Wildman–Crippen MR) is 138 cm³/mol. The van der Waals surface area contributed by atoms with E-state index in [0.717, 1.165) is 15.7 Å². The van der Waals surface area contributed by atoms with Crippen molar-refractivity contribution in [1.82, 2.24) is 14.1 Å². The lowest BCUT2D eigenvalue weighted by Gasteiger charge is -2.12. The van der Waals surface area contributed by atoms with Crippen LogP contribution in [0.15, 0.2) is 69.7 Å². The van der Waals surface area contributed by atoms with Crippen molar-refractivity contribution in [2.45, 2.75) is 37.0 Å². The van der Waals surface area contributed by atoms with E-state index in [1.165, 1.54) is 4.57 Å². The van der Waals surface area contributed by atoms with Gasteiger partial charge in [-0.15, -0.1) is 0 Å². The van der Waals surface area contributed by atoms with Crippen LogP contribution in [0.4, 0.5) is 5.69 Å². The number of aliphatic carboxylic acids is 1. The van der Waals surface area contributed by atoms with Gasteiger partial charge in [-0.3, -0.25) is 14.3 Å². The first-order valence-corrected chi connectivity index (χ1v) is 11.8. The van der Waals surface area contributed by atoms with Crippen molar-refractivity contribution >= 4 is 40.3 Å². The normalized spacial score (nSPS) is 12.5. The molecule has 0 aliphatic heterocycles. The Balaban J connectivity index is 2.12. The zero-order chi connectivity index (χ0) is 24.8. The molecule has 0 amide bonds. The van der Waals surface area contributed by atoms with E-state index in [-0.39, 0.29) is 24.8 Å². The van der Waals surface area contributed by atoms with Crippen molar-refractivity contribution in [1.29, 1.82) is 0 Å². The van der Waals surface area contributed by atoms with E-state index < -0.39 is 21.3 Å². The SMILES string of the molecule is C=Cc1ccc(Cn2c(=O)n(C[C@H](I)C(=O)O)c(=O)[nH]/c2=N\c2ccc(OC(C)C)cc2)cc1. The molecule has 0 saturated carbocycles. The highest BCUT2D eigenvalue weighted by atomic mass is 127. The van der Waals surface area contributed by atoms with Gasteiger partial charge in [0, 0.05) is 0 Å². The summed E-state index contributed by atoms with van der Waals surface area (Å²) in [5.41, 5.74) is 0.902. The topological polar surface area (TPSA) is 119 Å². The molecule has 2 N–H and O–H groups in total. The summed E-state index contributed by atoms with van der Waals surface area (Å²) in [4.78, 5) is 44.3. The Morgan fingerprint density at radius 1 is 1.15 bits per heavy atom. The Bertz CT molecular complexity index is 1350. The average molecular weight is 576 g/mol. The summed E-state index contributed by atoms with van der Waals surface area (Å²) in [6.45, 7) is 7.43. The minimum Gasteiger partial charge on any atom is -0.491 e. The fourth-order valence-electron chi connectivity index (χ4n) is 3.12. The molecule has 2 aromatic carbocycles. The molecule has 0 radical (unpaired) electrons. The van der Waals surface area contributed by atoms with Crippen LogP contribution in [-0.4, -0.2) is 35.2 Å². The molecule has 1 atom stereocenters. The number of hydrogen-bond donors (Lipinski definition) is 2. The Labute approximate surface area is 209 Å². The van der Waals surface area contributed by atoms with E-state index in [1.54, 1.807) is 52.9 Å². The van der Waals surface area contributed by atoms with Crippen molar-refractivity contribution in [3.8, 4) is 5.75 Å². The van der Waals surface area contributed by atoms with E-state index in [2.05, 4.69) is 16.6 Å². The number of nitrogens with zero attached hydrogens (tertiary/aromatic N) is 3. The van der Waals surface area contributed by atoms with Crippen LogP contribution in [-0.2, 0) is 17.9 Å². The molecule has 34 heavy (non-hydrogen) atoms. The number of H-pyrrole nitrogens is 1. The van der Waals surface area contributed by atoms with Gasteiger partial charge in [0.15, 0.2) is 0 Å². The van der Waals surface area contributed by atoms with Crippen molar-refractivity contribution in [2.24, 2.45) is 4.99 Å². The van der Waals surface area contributed by atoms with E-state index in [0.29, 0.717) is 11.4 Å². The average Bonchev–Trinajstić information content (AvgIpc) is 2.80. The van der Waals surface area contributed by atoms with Crippen LogP contribution in [0.2, 0.25) is 0 Å². The maximum atomic E-state index is 13.3. The van der Waals surface area contributed by atoms with Crippen LogP contribution in [0.25, 0.3) is 6.08 Å². The molecule has 1 heterocycles. The second-order valence-electron chi connectivity index (χ2n) is 7.76. The number of nitrogens with one attached hydrogen (secondary N) is 1. The lowest BCUT2D eigenvalue weighted by Crippen LogP contribution is -2.51. The molecule has 0 bridgehead atoms. The zero-order valence-electron chi connectivity index (χ0n) is 18.8. The molecule has 3 rings (SSSR count). The van der Waals surface area contributed by atoms with Crippen LogP contribution in [0, 0.1) is 0 Å². The first-order chi connectivity index (χ1) is 16.2. The fraction of sp³-hybridized carbons (Fsp3) is 0.250. The maximum absolute atomic E-state index is 13.3. The van der Waals surface area contributed by atoms with Crippen molar-refractivity contribution < 1.29 is 14.6 Å². The Morgan fingerprint density at radius 2 is 1.79 bits per heavy atom. The number of aromatic nitrogens is 3. The van der Waals surface area contributed by atoms with Gasteiger partial charge in [-0.2, -0.15) is 0 Å². The van der Waals surface area contributed by atoms with Crippen molar-refractivity contribution in [3.05, 3.63) is 92.8 Å². The third-order valence-corrected chi connectivity index (χ3v) is 5.72. The van der Waals surface area contributed by atoms with Gasteiger partial charge in [0.05, 0.1) is 24.9 Å². The van der Waals surface area contributed by atoms with Gasteiger partial charge in [0.1, 0.15) is 9.67 Å². The summed E-state index contributed by atoms with van der Waals surface area (Å²) < 4.78 is 6.88. The zero-order valence-corrected chi connectivity index (χ0v) is 20.9. The van der Waals surface area contributed by atoms with Gasteiger partial charge in [0.25, 0.3) is 0 Å². The van der Waals surface area contributed by atoms with Gasteiger partial charge in [-0.1, -0.05) is 59.5 Å². The number of carbonyl (C=O) groups is 1. The summed E-state index contributed by atoms with van der Waals surface area (Å²) in [7, 11) is 0. The van der Waals surface area contributed by atoms with Crippen LogP contribution in [0.1, 0.15) is 25.0 Å². The maximum Gasteiger partial charge on any atom is 0.335 e. The van der Waals surface area contributed by atoms with Crippen LogP contribution < -0.4 is 21.7 Å². The minimum absolute atomic E-state index is 0.0221. The number of carboxylic acid groups (broad SMARTS) is 1. The molecule has 9 nitrogen and oxygen atoms in total. The third kappa shape index (κ3) is 6.34. The van der Waals surface area contributed by atoms with E-state index >= 15 is 0 Å². The molecule has 3 aromatic rings. The summed E-state index contributed by atoms with van der Waals surface area (Å²) in [6.07, 6.45) is 1.73. The molecule has 0 saturated heterocycles. The molecule has 0 unspecified atom stereocenters. The number of halogens is 1. The number of alkyl halides is 1. The number of rotatable bonds is 9. The molecular weight excluding hydrogens is 551 g/mol. The standard InChI is InChI=1S/C24H25IN4O5/c1-4-16-5-7-17(8-6-16)13-28-22(26-18-9-11-19(12-10-18)34-15(2)3)27-23(32)29(24(28)33)14-20(25)21(30)31/h4-12,15,20H,1,13-14H2,2-3H3,(H,30,31)(H,26,27,32)/t20-/m0/s1. The number of aromatic amines is 1. The summed E-state index contributed by atoms with van der Waals surface area (Å²) >= 11 is 1.68. The predicted octanol–water partition coefficient (Wildman–Crippen LogP) is 2.94. The highest BCUT2D eigenvalue weighted by Crippen LogP contribution is 2.18. The summed E-state index contributed by atoms with van der Waals surface area (Å²) in [6, 6.07) is 14.4. The second-order valence-corrected chi connectivity index (χ2v) is 9.26. The first kappa shape index (κ1) is 25.2. The second kappa shape index (κ2) is 11.1. The van der Waals surface area contributed by atoms with E-state index in [1.807, 2.05) is 38.1 Å². The minimum atomic E-state index is -1.11. The highest BCUT2D eigenvalue weighted by molar-refractivity contribution is 14.1. The number of ether oxygens (including phenoxy) is 1. The lowest BCUT2D eigenvalue weighted by atomic mass is 10.1.